The summed E-state index contributed by atoms with van der Waals surface area (Å²) >= 11 is 0. The minimum Gasteiger partial charge on any atom is -0.384 e. The molecule has 0 atom stereocenters. The van der Waals surface area contributed by atoms with Crippen LogP contribution >= 0.6 is 0 Å². The molecule has 0 fully saturated rings. The van der Waals surface area contributed by atoms with Crippen LogP contribution in [0.1, 0.15) is 15.9 Å². The van der Waals surface area contributed by atoms with E-state index in [9.17, 15) is 13.6 Å². The molecule has 0 aromatic heterocycles. The first-order valence-electron chi connectivity index (χ1n) is 6.07. The van der Waals surface area contributed by atoms with E-state index in [0.29, 0.717) is 0 Å². The predicted octanol–water partition coefficient (Wildman–Crippen LogP) is 2.56. The highest BCUT2D eigenvalue weighted by atomic mass is 19.1. The van der Waals surface area contributed by atoms with Gasteiger partial charge < -0.3 is 10.4 Å². The fraction of sp³-hybridized carbons (Fsp3) is 0.0625. The Bertz CT molecular complexity index is 733. The maximum Gasteiger partial charge on any atom is 0.258 e. The van der Waals surface area contributed by atoms with Crippen LogP contribution in [0.2, 0.25) is 0 Å². The van der Waals surface area contributed by atoms with Gasteiger partial charge in [-0.2, -0.15) is 0 Å². The van der Waals surface area contributed by atoms with Crippen LogP contribution in [0.5, 0.6) is 0 Å². The van der Waals surface area contributed by atoms with Gasteiger partial charge in [-0.1, -0.05) is 24.0 Å². The van der Waals surface area contributed by atoms with Gasteiger partial charge in [-0.3, -0.25) is 4.79 Å². The van der Waals surface area contributed by atoms with E-state index in [-0.39, 0.29) is 23.4 Å². The Labute approximate surface area is 120 Å². The van der Waals surface area contributed by atoms with Gasteiger partial charge in [0, 0.05) is 5.69 Å². The van der Waals surface area contributed by atoms with E-state index < -0.39 is 17.5 Å². The summed E-state index contributed by atoms with van der Waals surface area (Å²) in [5, 5.41) is 11.0. The molecule has 0 unspecified atom stereocenters. The average Bonchev–Trinajstić information content (AvgIpc) is 2.47. The van der Waals surface area contributed by atoms with Crippen molar-refractivity contribution in [3.63, 3.8) is 0 Å². The summed E-state index contributed by atoms with van der Waals surface area (Å²) in [5.74, 6) is 2.81. The molecule has 0 bridgehead atoms. The topological polar surface area (TPSA) is 49.3 Å². The van der Waals surface area contributed by atoms with E-state index in [1.165, 1.54) is 36.4 Å². The van der Waals surface area contributed by atoms with Gasteiger partial charge in [-0.05, 0) is 30.3 Å². The number of rotatable bonds is 2. The lowest BCUT2D eigenvalue weighted by molar-refractivity contribution is 0.102. The number of hydrogen-bond acceptors (Lipinski definition) is 2. The highest BCUT2D eigenvalue weighted by Gasteiger charge is 2.11. The molecule has 0 spiro atoms. The Morgan fingerprint density at radius 2 is 1.90 bits per heavy atom. The minimum absolute atomic E-state index is 0.105. The van der Waals surface area contributed by atoms with Crippen molar-refractivity contribution in [2.45, 2.75) is 0 Å². The van der Waals surface area contributed by atoms with Crippen molar-refractivity contribution in [1.82, 2.24) is 0 Å². The van der Waals surface area contributed by atoms with Crippen LogP contribution in [0.15, 0.2) is 42.5 Å². The van der Waals surface area contributed by atoms with Gasteiger partial charge in [0.2, 0.25) is 0 Å². The monoisotopic (exact) mass is 287 g/mol. The van der Waals surface area contributed by atoms with Crippen molar-refractivity contribution in [2.75, 3.05) is 11.9 Å². The summed E-state index contributed by atoms with van der Waals surface area (Å²) in [6, 6.07) is 9.41. The van der Waals surface area contributed by atoms with E-state index >= 15 is 0 Å². The highest BCUT2D eigenvalue weighted by Crippen LogP contribution is 2.16. The first-order valence-corrected chi connectivity index (χ1v) is 6.07. The van der Waals surface area contributed by atoms with E-state index in [1.54, 1.807) is 0 Å². The Morgan fingerprint density at radius 1 is 1.14 bits per heavy atom. The molecule has 2 N–H and O–H groups in total. The van der Waals surface area contributed by atoms with Crippen LogP contribution < -0.4 is 5.32 Å². The number of nitrogens with one attached hydrogen (secondary N) is 1. The SMILES string of the molecule is O=C(Nc1ccc(C#CCO)c(F)c1)c1ccccc1F. The zero-order valence-corrected chi connectivity index (χ0v) is 10.9. The first-order chi connectivity index (χ1) is 10.1. The molecule has 0 saturated heterocycles. The van der Waals surface area contributed by atoms with Crippen LogP contribution in [0.3, 0.4) is 0 Å². The number of carbonyl (C=O) groups excluding carboxylic acids is 1. The Kier molecular flexibility index (Phi) is 4.64. The molecule has 3 nitrogen and oxygen atoms in total. The predicted molar refractivity (Wildman–Crippen MR) is 74.7 cm³/mol. The summed E-state index contributed by atoms with van der Waals surface area (Å²) < 4.78 is 27.1. The minimum atomic E-state index is -0.665. The average molecular weight is 287 g/mol. The zero-order valence-electron chi connectivity index (χ0n) is 10.9. The van der Waals surface area contributed by atoms with E-state index in [2.05, 4.69) is 17.2 Å². The van der Waals surface area contributed by atoms with Gasteiger partial charge in [0.1, 0.15) is 18.2 Å². The highest BCUT2D eigenvalue weighted by molar-refractivity contribution is 6.04. The fourth-order valence-corrected chi connectivity index (χ4v) is 1.67. The van der Waals surface area contributed by atoms with Crippen molar-refractivity contribution in [1.29, 1.82) is 0 Å². The van der Waals surface area contributed by atoms with Crippen molar-refractivity contribution >= 4 is 11.6 Å². The number of benzene rings is 2. The molecule has 0 saturated carbocycles. The van der Waals surface area contributed by atoms with Crippen LogP contribution in [0.4, 0.5) is 14.5 Å². The summed E-state index contributed by atoms with van der Waals surface area (Å²) in [7, 11) is 0. The molecule has 1 amide bonds. The van der Waals surface area contributed by atoms with Crippen LogP contribution in [0.25, 0.3) is 0 Å². The largest absolute Gasteiger partial charge is 0.384 e. The third-order valence-electron chi connectivity index (χ3n) is 2.65. The van der Waals surface area contributed by atoms with E-state index in [0.717, 1.165) is 6.07 Å². The third kappa shape index (κ3) is 3.65. The van der Waals surface area contributed by atoms with Gasteiger partial charge in [0.05, 0.1) is 11.1 Å². The molecule has 0 aliphatic rings. The second kappa shape index (κ2) is 6.64. The maximum atomic E-state index is 13.7. The first kappa shape index (κ1) is 14.7. The summed E-state index contributed by atoms with van der Waals surface area (Å²) in [5.41, 5.74) is 0.172. The zero-order chi connectivity index (χ0) is 15.2. The summed E-state index contributed by atoms with van der Waals surface area (Å²) in [6.07, 6.45) is 0. The van der Waals surface area contributed by atoms with Crippen LogP contribution in [-0.2, 0) is 0 Å². The smallest absolute Gasteiger partial charge is 0.258 e. The Morgan fingerprint density at radius 3 is 2.57 bits per heavy atom. The lowest BCUT2D eigenvalue weighted by Gasteiger charge is -2.06. The van der Waals surface area contributed by atoms with Crippen molar-refractivity contribution in [3.05, 3.63) is 65.2 Å². The van der Waals surface area contributed by atoms with Gasteiger partial charge in [-0.15, -0.1) is 0 Å². The number of anilines is 1. The van der Waals surface area contributed by atoms with Gasteiger partial charge in [0.15, 0.2) is 0 Å². The second-order valence-electron chi connectivity index (χ2n) is 4.09. The number of hydrogen-bond donors (Lipinski definition) is 2. The van der Waals surface area contributed by atoms with Gasteiger partial charge in [0.25, 0.3) is 5.91 Å². The quantitative estimate of drug-likeness (QED) is 0.834. The number of amides is 1. The van der Waals surface area contributed by atoms with E-state index in [4.69, 9.17) is 5.11 Å². The molecule has 2 rings (SSSR count). The number of carbonyl (C=O) groups is 1. The standard InChI is InChI=1S/C16H11F2NO2/c17-14-6-2-1-5-13(14)16(21)19-12-8-7-11(4-3-9-20)15(18)10-12/h1-2,5-8,10,20H,9H2,(H,19,21). The van der Waals surface area contributed by atoms with Crippen LogP contribution in [-0.4, -0.2) is 17.6 Å². The molecule has 2 aromatic rings. The maximum absolute atomic E-state index is 13.7. The molecule has 0 aliphatic carbocycles. The van der Waals surface area contributed by atoms with Gasteiger partial charge in [-0.25, -0.2) is 8.78 Å². The molecule has 5 heteroatoms. The summed E-state index contributed by atoms with van der Waals surface area (Å²) in [4.78, 5) is 11.9. The molecular formula is C16H11F2NO2. The van der Waals surface area contributed by atoms with Crippen molar-refractivity contribution < 1.29 is 18.7 Å². The molecule has 0 heterocycles. The molecule has 21 heavy (non-hydrogen) atoms. The van der Waals surface area contributed by atoms with Crippen molar-refractivity contribution in [2.24, 2.45) is 0 Å². The number of aliphatic hydroxyl groups is 1. The normalized spacial score (nSPS) is 9.67. The Hall–Kier alpha value is -2.71. The second-order valence-corrected chi connectivity index (χ2v) is 4.09. The molecule has 0 aliphatic heterocycles. The third-order valence-corrected chi connectivity index (χ3v) is 2.65. The van der Waals surface area contributed by atoms with E-state index in [1.807, 2.05) is 0 Å². The van der Waals surface area contributed by atoms with Crippen molar-refractivity contribution in [3.8, 4) is 11.8 Å². The van der Waals surface area contributed by atoms with Gasteiger partial charge >= 0.3 is 0 Å². The molecule has 106 valence electrons. The van der Waals surface area contributed by atoms with Crippen LogP contribution in [0, 0.1) is 23.5 Å². The molecule has 0 radical (unpaired) electrons. The number of aliphatic hydroxyl groups excluding tert-OH is 1. The Balaban J connectivity index is 2.19. The lowest BCUT2D eigenvalue weighted by atomic mass is 10.1. The fourth-order valence-electron chi connectivity index (χ4n) is 1.67. The number of halogens is 2. The lowest BCUT2D eigenvalue weighted by Crippen LogP contribution is -2.13. The molecular weight excluding hydrogens is 276 g/mol. The summed E-state index contributed by atoms with van der Waals surface area (Å²) in [6.45, 7) is -0.370. The molecule has 2 aromatic carbocycles.